The van der Waals surface area contributed by atoms with Gasteiger partial charge in [0.05, 0.1) is 11.9 Å². The van der Waals surface area contributed by atoms with Crippen LogP contribution in [0.4, 0.5) is 10.1 Å². The number of carbonyl (C=O) groups excluding carboxylic acids is 1. The molecule has 1 amide bonds. The molecule has 0 aliphatic heterocycles. The van der Waals surface area contributed by atoms with Gasteiger partial charge in [0.2, 0.25) is 0 Å². The number of hydrogen-bond acceptors (Lipinski definition) is 3. The van der Waals surface area contributed by atoms with Crippen molar-refractivity contribution >= 4 is 24.2 Å². The van der Waals surface area contributed by atoms with Crippen LogP contribution in [0.2, 0.25) is 0 Å². The first-order valence-electron chi connectivity index (χ1n) is 4.85. The zero-order valence-electron chi connectivity index (χ0n) is 9.01. The van der Waals surface area contributed by atoms with Crippen molar-refractivity contribution in [1.82, 2.24) is 9.78 Å². The summed E-state index contributed by atoms with van der Waals surface area (Å²) in [5, 5.41) is 6.57. The summed E-state index contributed by atoms with van der Waals surface area (Å²) in [4.78, 5) is 11.9. The lowest BCUT2D eigenvalue weighted by Gasteiger charge is -2.03. The second-order valence-corrected chi connectivity index (χ2v) is 4.00. The van der Waals surface area contributed by atoms with Gasteiger partial charge in [-0.3, -0.25) is 9.48 Å². The van der Waals surface area contributed by atoms with Gasteiger partial charge in [0, 0.05) is 23.7 Å². The lowest BCUT2D eigenvalue weighted by atomic mass is 10.2. The topological polar surface area (TPSA) is 46.9 Å². The third kappa shape index (κ3) is 2.65. The van der Waals surface area contributed by atoms with Gasteiger partial charge < -0.3 is 5.32 Å². The van der Waals surface area contributed by atoms with Crippen molar-refractivity contribution < 1.29 is 9.18 Å². The van der Waals surface area contributed by atoms with Crippen molar-refractivity contribution in [2.75, 3.05) is 5.32 Å². The van der Waals surface area contributed by atoms with Gasteiger partial charge in [-0.2, -0.15) is 5.10 Å². The van der Waals surface area contributed by atoms with Gasteiger partial charge in [-0.25, -0.2) is 4.39 Å². The van der Waals surface area contributed by atoms with Gasteiger partial charge >= 0.3 is 0 Å². The van der Waals surface area contributed by atoms with Gasteiger partial charge in [-0.15, -0.1) is 12.6 Å². The summed E-state index contributed by atoms with van der Waals surface area (Å²) >= 11 is 3.92. The molecule has 0 atom stereocenters. The molecule has 17 heavy (non-hydrogen) atoms. The molecule has 0 saturated heterocycles. The SMILES string of the molecule is Cn1cc(NC(=O)c2ccc(F)c(S)c2)cn1. The third-order valence-corrected chi connectivity index (χ3v) is 2.51. The summed E-state index contributed by atoms with van der Waals surface area (Å²) in [6.07, 6.45) is 3.20. The van der Waals surface area contributed by atoms with Crippen LogP contribution in [0.25, 0.3) is 0 Å². The standard InChI is InChI=1S/C11H10FN3OS/c1-15-6-8(5-13-15)14-11(16)7-2-3-9(12)10(17)4-7/h2-6,17H,1H3,(H,14,16). The highest BCUT2D eigenvalue weighted by atomic mass is 32.1. The van der Waals surface area contributed by atoms with Gasteiger partial charge in [0.15, 0.2) is 0 Å². The van der Waals surface area contributed by atoms with E-state index in [1.807, 2.05) is 0 Å². The molecule has 88 valence electrons. The molecule has 0 spiro atoms. The number of rotatable bonds is 2. The number of nitrogens with zero attached hydrogens (tertiary/aromatic N) is 2. The van der Waals surface area contributed by atoms with E-state index in [1.54, 1.807) is 17.9 Å². The molecule has 0 aliphatic rings. The number of carbonyl (C=O) groups is 1. The Balaban J connectivity index is 2.17. The summed E-state index contributed by atoms with van der Waals surface area (Å²) in [7, 11) is 1.75. The second kappa shape index (κ2) is 4.58. The first kappa shape index (κ1) is 11.7. The Kier molecular flexibility index (Phi) is 3.14. The molecular weight excluding hydrogens is 241 g/mol. The number of thiol groups is 1. The third-order valence-electron chi connectivity index (χ3n) is 2.17. The molecule has 0 unspecified atom stereocenters. The maximum atomic E-state index is 13.0. The number of hydrogen-bond donors (Lipinski definition) is 2. The molecule has 1 N–H and O–H groups in total. The van der Waals surface area contributed by atoms with Crippen LogP contribution in [-0.4, -0.2) is 15.7 Å². The van der Waals surface area contributed by atoms with Crippen LogP contribution in [0, 0.1) is 5.82 Å². The van der Waals surface area contributed by atoms with Crippen molar-refractivity contribution in [3.63, 3.8) is 0 Å². The first-order valence-corrected chi connectivity index (χ1v) is 5.29. The van der Waals surface area contributed by atoms with E-state index in [1.165, 1.54) is 24.4 Å². The maximum absolute atomic E-state index is 13.0. The average Bonchev–Trinajstić information content (AvgIpc) is 2.68. The Bertz CT molecular complexity index is 568. The van der Waals surface area contributed by atoms with E-state index in [0.717, 1.165) is 0 Å². The summed E-state index contributed by atoms with van der Waals surface area (Å²) in [6, 6.07) is 3.99. The highest BCUT2D eigenvalue weighted by Crippen LogP contribution is 2.15. The molecule has 1 heterocycles. The number of halogens is 1. The molecule has 6 heteroatoms. The first-order chi connectivity index (χ1) is 8.06. The monoisotopic (exact) mass is 251 g/mol. The van der Waals surface area contributed by atoms with E-state index < -0.39 is 5.82 Å². The lowest BCUT2D eigenvalue weighted by molar-refractivity contribution is 0.102. The number of benzene rings is 1. The van der Waals surface area contributed by atoms with Gasteiger partial charge in [0.25, 0.3) is 5.91 Å². The van der Waals surface area contributed by atoms with E-state index >= 15 is 0 Å². The highest BCUT2D eigenvalue weighted by molar-refractivity contribution is 7.80. The van der Waals surface area contributed by atoms with Gasteiger partial charge in [-0.05, 0) is 18.2 Å². The van der Waals surface area contributed by atoms with Crippen LogP contribution >= 0.6 is 12.6 Å². The van der Waals surface area contributed by atoms with Crippen LogP contribution in [-0.2, 0) is 7.05 Å². The molecule has 0 radical (unpaired) electrons. The molecule has 0 saturated carbocycles. The van der Waals surface area contributed by atoms with E-state index in [-0.39, 0.29) is 10.8 Å². The van der Waals surface area contributed by atoms with Crippen LogP contribution in [0.3, 0.4) is 0 Å². The normalized spacial score (nSPS) is 10.3. The quantitative estimate of drug-likeness (QED) is 0.803. The Morgan fingerprint density at radius 2 is 2.29 bits per heavy atom. The van der Waals surface area contributed by atoms with Crippen LogP contribution in [0.1, 0.15) is 10.4 Å². The van der Waals surface area contributed by atoms with Crippen molar-refractivity contribution in [2.24, 2.45) is 7.05 Å². The van der Waals surface area contributed by atoms with E-state index in [4.69, 9.17) is 0 Å². The Labute approximate surface area is 103 Å². The van der Waals surface area contributed by atoms with E-state index in [2.05, 4.69) is 23.0 Å². The zero-order valence-corrected chi connectivity index (χ0v) is 9.91. The Morgan fingerprint density at radius 3 is 2.88 bits per heavy atom. The van der Waals surface area contributed by atoms with Crippen molar-refractivity contribution in [2.45, 2.75) is 4.90 Å². The molecule has 0 fully saturated rings. The van der Waals surface area contributed by atoms with E-state index in [0.29, 0.717) is 11.3 Å². The minimum atomic E-state index is -0.453. The molecule has 2 aromatic rings. The largest absolute Gasteiger partial charge is 0.319 e. The Hall–Kier alpha value is -1.82. The Morgan fingerprint density at radius 1 is 1.53 bits per heavy atom. The van der Waals surface area contributed by atoms with Crippen LogP contribution in [0.5, 0.6) is 0 Å². The predicted molar refractivity (Wildman–Crippen MR) is 64.8 cm³/mol. The molecule has 1 aromatic heterocycles. The van der Waals surface area contributed by atoms with Gasteiger partial charge in [-0.1, -0.05) is 0 Å². The maximum Gasteiger partial charge on any atom is 0.255 e. The number of anilines is 1. The fourth-order valence-electron chi connectivity index (χ4n) is 1.34. The average molecular weight is 251 g/mol. The number of nitrogens with one attached hydrogen (secondary N) is 1. The zero-order chi connectivity index (χ0) is 12.4. The molecule has 4 nitrogen and oxygen atoms in total. The highest BCUT2D eigenvalue weighted by Gasteiger charge is 2.09. The summed E-state index contributed by atoms with van der Waals surface area (Å²) in [5.41, 5.74) is 0.933. The fourth-order valence-corrected chi connectivity index (χ4v) is 1.56. The van der Waals surface area contributed by atoms with Crippen LogP contribution in [0.15, 0.2) is 35.5 Å². The minimum Gasteiger partial charge on any atom is -0.319 e. The molecular formula is C11H10FN3OS. The van der Waals surface area contributed by atoms with Crippen molar-refractivity contribution in [3.8, 4) is 0 Å². The van der Waals surface area contributed by atoms with Crippen molar-refractivity contribution in [3.05, 3.63) is 42.0 Å². The summed E-state index contributed by atoms with van der Waals surface area (Å²) < 4.78 is 14.5. The predicted octanol–water partition coefficient (Wildman–Crippen LogP) is 2.10. The van der Waals surface area contributed by atoms with Crippen molar-refractivity contribution in [1.29, 1.82) is 0 Å². The summed E-state index contributed by atoms with van der Waals surface area (Å²) in [6.45, 7) is 0. The number of aryl methyl sites for hydroxylation is 1. The molecule has 0 aliphatic carbocycles. The lowest BCUT2D eigenvalue weighted by Crippen LogP contribution is -2.11. The summed E-state index contributed by atoms with van der Waals surface area (Å²) in [5.74, 6) is -0.778. The van der Waals surface area contributed by atoms with Crippen LogP contribution < -0.4 is 5.32 Å². The fraction of sp³-hybridized carbons (Fsp3) is 0.0909. The number of amides is 1. The second-order valence-electron chi connectivity index (χ2n) is 3.52. The number of aromatic nitrogens is 2. The molecule has 1 aromatic carbocycles. The van der Waals surface area contributed by atoms with E-state index in [9.17, 15) is 9.18 Å². The molecule has 2 rings (SSSR count). The minimum absolute atomic E-state index is 0.142. The smallest absolute Gasteiger partial charge is 0.255 e. The van der Waals surface area contributed by atoms with Gasteiger partial charge in [0.1, 0.15) is 5.82 Å². The molecule has 0 bridgehead atoms.